The number of aromatic nitrogens is 2. The molecule has 4 rings (SSSR count). The summed E-state index contributed by atoms with van der Waals surface area (Å²) in [5.74, 6) is 0.110. The highest BCUT2D eigenvalue weighted by Gasteiger charge is 2.45. The Balaban J connectivity index is 1.37. The standard InChI is InChI=1S/C20H21ClN4O2/c21-16-3-1-15(2-4-16)13-25-14-20(11-18(25)26)5-9-24(10-6-20)19(27)17-12-22-7-8-23-17/h1-4,7-8,12H,5-6,9-11,13-14H2. The van der Waals surface area contributed by atoms with Crippen LogP contribution in [-0.4, -0.2) is 51.2 Å². The van der Waals surface area contributed by atoms with E-state index in [-0.39, 0.29) is 17.2 Å². The zero-order valence-corrected chi connectivity index (χ0v) is 15.7. The molecule has 2 saturated heterocycles. The van der Waals surface area contributed by atoms with Gasteiger partial charge in [-0.3, -0.25) is 14.6 Å². The van der Waals surface area contributed by atoms with E-state index in [0.717, 1.165) is 24.9 Å². The van der Waals surface area contributed by atoms with Crippen molar-refractivity contribution in [3.63, 3.8) is 0 Å². The Labute approximate surface area is 163 Å². The molecule has 0 N–H and O–H groups in total. The first-order valence-electron chi connectivity index (χ1n) is 9.12. The molecule has 2 aliphatic heterocycles. The Hall–Kier alpha value is -2.47. The SMILES string of the molecule is O=C1CC2(CCN(C(=O)c3cnccn3)CC2)CN1Cc1ccc(Cl)cc1. The van der Waals surface area contributed by atoms with Crippen LogP contribution in [0.5, 0.6) is 0 Å². The van der Waals surface area contributed by atoms with E-state index < -0.39 is 0 Å². The van der Waals surface area contributed by atoms with Gasteiger partial charge in [0.1, 0.15) is 5.69 Å². The predicted molar refractivity (Wildman–Crippen MR) is 101 cm³/mol. The minimum atomic E-state index is -0.0831. The summed E-state index contributed by atoms with van der Waals surface area (Å²) >= 11 is 5.94. The van der Waals surface area contributed by atoms with Crippen molar-refractivity contribution in [1.29, 1.82) is 0 Å². The first-order chi connectivity index (χ1) is 13.0. The van der Waals surface area contributed by atoms with Gasteiger partial charge in [0.05, 0.1) is 6.20 Å². The van der Waals surface area contributed by atoms with E-state index >= 15 is 0 Å². The van der Waals surface area contributed by atoms with E-state index in [1.807, 2.05) is 34.1 Å². The third-order valence-electron chi connectivity index (χ3n) is 5.59. The Morgan fingerprint density at radius 1 is 1.15 bits per heavy atom. The zero-order chi connectivity index (χ0) is 18.9. The Morgan fingerprint density at radius 3 is 2.56 bits per heavy atom. The van der Waals surface area contributed by atoms with Crippen molar-refractivity contribution in [1.82, 2.24) is 19.8 Å². The summed E-state index contributed by atoms with van der Waals surface area (Å²) in [6.07, 6.45) is 6.82. The van der Waals surface area contributed by atoms with Crippen molar-refractivity contribution in [2.75, 3.05) is 19.6 Å². The molecule has 3 heterocycles. The van der Waals surface area contributed by atoms with Crippen LogP contribution in [-0.2, 0) is 11.3 Å². The molecular weight excluding hydrogens is 364 g/mol. The maximum atomic E-state index is 12.6. The van der Waals surface area contributed by atoms with Crippen LogP contribution in [0.2, 0.25) is 5.02 Å². The van der Waals surface area contributed by atoms with Crippen molar-refractivity contribution in [2.45, 2.75) is 25.8 Å². The normalized spacial score (nSPS) is 18.9. The summed E-state index contributed by atoms with van der Waals surface area (Å²) in [4.78, 5) is 36.9. The number of carbonyl (C=O) groups excluding carboxylic acids is 2. The lowest BCUT2D eigenvalue weighted by atomic mass is 9.77. The quantitative estimate of drug-likeness (QED) is 0.816. The summed E-state index contributed by atoms with van der Waals surface area (Å²) in [5.41, 5.74) is 1.43. The molecule has 7 heteroatoms. The topological polar surface area (TPSA) is 66.4 Å². The van der Waals surface area contributed by atoms with Gasteiger partial charge < -0.3 is 9.80 Å². The molecule has 27 heavy (non-hydrogen) atoms. The zero-order valence-electron chi connectivity index (χ0n) is 15.0. The third kappa shape index (κ3) is 3.81. The average molecular weight is 385 g/mol. The number of halogens is 1. The number of rotatable bonds is 3. The molecule has 2 fully saturated rings. The molecule has 1 aromatic carbocycles. The van der Waals surface area contributed by atoms with E-state index in [1.54, 1.807) is 6.20 Å². The van der Waals surface area contributed by atoms with Crippen LogP contribution in [0, 0.1) is 5.41 Å². The van der Waals surface area contributed by atoms with Gasteiger partial charge in [0.15, 0.2) is 0 Å². The highest BCUT2D eigenvalue weighted by molar-refractivity contribution is 6.30. The molecule has 0 saturated carbocycles. The van der Waals surface area contributed by atoms with Gasteiger partial charge >= 0.3 is 0 Å². The van der Waals surface area contributed by atoms with Gasteiger partial charge in [-0.25, -0.2) is 4.98 Å². The minimum absolute atomic E-state index is 0.0251. The van der Waals surface area contributed by atoms with Crippen LogP contribution in [0.25, 0.3) is 0 Å². The largest absolute Gasteiger partial charge is 0.338 e. The lowest BCUT2D eigenvalue weighted by Gasteiger charge is -2.38. The number of piperidine rings is 1. The van der Waals surface area contributed by atoms with Gasteiger partial charge in [0, 0.05) is 55.4 Å². The summed E-state index contributed by atoms with van der Waals surface area (Å²) in [5, 5.41) is 0.697. The van der Waals surface area contributed by atoms with Gasteiger partial charge in [-0.2, -0.15) is 0 Å². The fourth-order valence-corrected chi connectivity index (χ4v) is 4.15. The van der Waals surface area contributed by atoms with Crippen molar-refractivity contribution in [3.8, 4) is 0 Å². The summed E-state index contributed by atoms with van der Waals surface area (Å²) in [7, 11) is 0. The molecule has 6 nitrogen and oxygen atoms in total. The van der Waals surface area contributed by atoms with E-state index in [9.17, 15) is 9.59 Å². The number of benzene rings is 1. The van der Waals surface area contributed by atoms with E-state index in [2.05, 4.69) is 9.97 Å². The summed E-state index contributed by atoms with van der Waals surface area (Å²) < 4.78 is 0. The number of hydrogen-bond donors (Lipinski definition) is 0. The van der Waals surface area contributed by atoms with Gasteiger partial charge in [0.25, 0.3) is 5.91 Å². The van der Waals surface area contributed by atoms with Crippen LogP contribution in [0.1, 0.15) is 35.3 Å². The van der Waals surface area contributed by atoms with E-state index in [1.165, 1.54) is 12.4 Å². The van der Waals surface area contributed by atoms with E-state index in [0.29, 0.717) is 36.8 Å². The molecule has 2 aliphatic rings. The highest BCUT2D eigenvalue weighted by atomic mass is 35.5. The first kappa shape index (κ1) is 17.9. The van der Waals surface area contributed by atoms with Crippen molar-refractivity contribution in [2.24, 2.45) is 5.41 Å². The van der Waals surface area contributed by atoms with Crippen molar-refractivity contribution in [3.05, 3.63) is 59.1 Å². The average Bonchev–Trinajstić information content (AvgIpc) is 2.99. The highest BCUT2D eigenvalue weighted by Crippen LogP contribution is 2.41. The number of carbonyl (C=O) groups is 2. The molecule has 1 aromatic heterocycles. The molecule has 0 unspecified atom stereocenters. The van der Waals surface area contributed by atoms with Crippen LogP contribution in [0.15, 0.2) is 42.9 Å². The van der Waals surface area contributed by atoms with Crippen molar-refractivity contribution >= 4 is 23.4 Å². The van der Waals surface area contributed by atoms with Crippen LogP contribution >= 0.6 is 11.6 Å². The second-order valence-corrected chi connectivity index (χ2v) is 7.87. The maximum Gasteiger partial charge on any atom is 0.274 e. The first-order valence-corrected chi connectivity index (χ1v) is 9.50. The van der Waals surface area contributed by atoms with E-state index in [4.69, 9.17) is 11.6 Å². The molecule has 0 bridgehead atoms. The lowest BCUT2D eigenvalue weighted by Crippen LogP contribution is -2.44. The molecule has 2 amide bonds. The fraction of sp³-hybridized carbons (Fsp3) is 0.400. The number of likely N-dealkylation sites (tertiary alicyclic amines) is 2. The van der Waals surface area contributed by atoms with Gasteiger partial charge in [-0.1, -0.05) is 23.7 Å². The third-order valence-corrected chi connectivity index (χ3v) is 5.84. The molecule has 140 valence electrons. The Bertz CT molecular complexity index is 833. The molecular formula is C20H21ClN4O2. The number of amides is 2. The monoisotopic (exact) mass is 384 g/mol. The number of hydrogen-bond acceptors (Lipinski definition) is 4. The maximum absolute atomic E-state index is 12.6. The molecule has 0 aliphatic carbocycles. The summed E-state index contributed by atoms with van der Waals surface area (Å²) in [6, 6.07) is 7.62. The van der Waals surface area contributed by atoms with Gasteiger partial charge in [-0.15, -0.1) is 0 Å². The van der Waals surface area contributed by atoms with Gasteiger partial charge in [-0.05, 0) is 30.5 Å². The second kappa shape index (κ2) is 7.27. The molecule has 1 spiro atoms. The smallest absolute Gasteiger partial charge is 0.274 e. The van der Waals surface area contributed by atoms with Crippen molar-refractivity contribution < 1.29 is 9.59 Å². The van der Waals surface area contributed by atoms with Crippen LogP contribution in [0.3, 0.4) is 0 Å². The number of nitrogens with zero attached hydrogens (tertiary/aromatic N) is 4. The predicted octanol–water partition coefficient (Wildman–Crippen LogP) is 2.78. The fourth-order valence-electron chi connectivity index (χ4n) is 4.03. The van der Waals surface area contributed by atoms with Crippen LogP contribution in [0.4, 0.5) is 0 Å². The molecule has 2 aromatic rings. The minimum Gasteiger partial charge on any atom is -0.338 e. The summed E-state index contributed by atoms with van der Waals surface area (Å²) in [6.45, 7) is 2.66. The Kier molecular flexibility index (Phi) is 4.83. The molecule has 0 radical (unpaired) electrons. The Morgan fingerprint density at radius 2 is 1.89 bits per heavy atom. The lowest BCUT2D eigenvalue weighted by molar-refractivity contribution is -0.128. The molecule has 0 atom stereocenters. The van der Waals surface area contributed by atoms with Crippen LogP contribution < -0.4 is 0 Å². The second-order valence-electron chi connectivity index (χ2n) is 7.44. The van der Waals surface area contributed by atoms with Gasteiger partial charge in [0.2, 0.25) is 5.91 Å².